The van der Waals surface area contributed by atoms with Gasteiger partial charge in [-0.2, -0.15) is 5.26 Å². The third-order valence-corrected chi connectivity index (χ3v) is 12.3. The zero-order valence-electron chi connectivity index (χ0n) is 28.2. The molecule has 0 unspecified atom stereocenters. The second kappa shape index (κ2) is 12.9. The van der Waals surface area contributed by atoms with Gasteiger partial charge in [0.25, 0.3) is 0 Å². The van der Waals surface area contributed by atoms with E-state index in [0.717, 1.165) is 48.0 Å². The van der Waals surface area contributed by atoms with Crippen molar-refractivity contribution in [3.63, 3.8) is 0 Å². The number of amides is 1. The first kappa shape index (κ1) is 32.8. The number of nitrogens with one attached hydrogen (secondary N) is 1. The minimum Gasteiger partial charge on any atom is -0.372 e. The lowest BCUT2D eigenvalue weighted by atomic mass is 9.79. The van der Waals surface area contributed by atoms with Crippen LogP contribution in [0.5, 0.6) is 0 Å². The van der Waals surface area contributed by atoms with Crippen LogP contribution >= 0.6 is 23.2 Å². The number of hydrogen-bond donors (Lipinski definition) is 1. The summed E-state index contributed by atoms with van der Waals surface area (Å²) in [7, 11) is 0. The lowest BCUT2D eigenvalue weighted by molar-refractivity contribution is -0.134. The number of halogens is 3. The average molecular weight is 724 g/mol. The molecule has 5 aromatic rings. The van der Waals surface area contributed by atoms with Gasteiger partial charge in [-0.1, -0.05) is 41.4 Å². The second-order valence-corrected chi connectivity index (χ2v) is 15.4. The third kappa shape index (κ3) is 5.50. The van der Waals surface area contributed by atoms with Gasteiger partial charge < -0.3 is 19.5 Å². The van der Waals surface area contributed by atoms with E-state index in [0.29, 0.717) is 64.7 Å². The van der Waals surface area contributed by atoms with Crippen molar-refractivity contribution in [3.8, 4) is 17.2 Å². The van der Waals surface area contributed by atoms with Crippen molar-refractivity contribution in [2.24, 2.45) is 11.8 Å². The summed E-state index contributed by atoms with van der Waals surface area (Å²) in [6, 6.07) is 15.8. The molecular weight excluding hydrogens is 686 g/mol. The Kier molecular flexibility index (Phi) is 8.27. The number of rotatable bonds is 9. The molecule has 2 saturated carbocycles. The van der Waals surface area contributed by atoms with Crippen molar-refractivity contribution in [2.75, 3.05) is 13.1 Å². The van der Waals surface area contributed by atoms with Crippen molar-refractivity contribution in [3.05, 3.63) is 93.2 Å². The number of aryl methyl sites for hydroxylation is 2. The molecular formula is C40H37Cl2FN6O2. The topological polar surface area (TPSA) is 96.1 Å². The molecule has 11 heteroatoms. The summed E-state index contributed by atoms with van der Waals surface area (Å²) < 4.78 is 26.0. The largest absolute Gasteiger partial charge is 0.372 e. The number of pyridine rings is 2. The maximum Gasteiger partial charge on any atom is 0.226 e. The van der Waals surface area contributed by atoms with Crippen molar-refractivity contribution in [1.29, 1.82) is 5.26 Å². The van der Waals surface area contributed by atoms with Crippen LogP contribution in [0.4, 0.5) is 4.39 Å². The van der Waals surface area contributed by atoms with Crippen LogP contribution in [-0.4, -0.2) is 50.6 Å². The van der Waals surface area contributed by atoms with Gasteiger partial charge in [0.05, 0.1) is 46.4 Å². The van der Waals surface area contributed by atoms with E-state index in [1.807, 2.05) is 36.2 Å². The summed E-state index contributed by atoms with van der Waals surface area (Å²) in [6.07, 6.45) is 7.54. The molecule has 5 fully saturated rings. The SMILES string of the molecule is Cc1nc2c(F)c(-c3cccc(Cl)c3Cl)c(CCC#N)cc2c2c1cc([C@H]1C[C@H](OCc3cccnc3)CN1C(=O)C1CC1)n2[C@H]1[C@H]2CN[C@@H]1C2. The predicted octanol–water partition coefficient (Wildman–Crippen LogP) is 8.26. The molecule has 0 radical (unpaired) electrons. The highest BCUT2D eigenvalue weighted by atomic mass is 35.5. The molecule has 2 aliphatic carbocycles. The molecule has 3 aromatic heterocycles. The molecule has 3 saturated heterocycles. The number of carbonyl (C=O) groups is 1. The predicted molar refractivity (Wildman–Crippen MR) is 195 cm³/mol. The highest BCUT2D eigenvalue weighted by Crippen LogP contribution is 2.51. The summed E-state index contributed by atoms with van der Waals surface area (Å²) in [5.41, 5.74) is 5.42. The van der Waals surface area contributed by atoms with Crippen LogP contribution in [0.1, 0.15) is 66.7 Å². The van der Waals surface area contributed by atoms with Gasteiger partial charge in [0.1, 0.15) is 5.52 Å². The molecule has 2 bridgehead atoms. The molecule has 260 valence electrons. The van der Waals surface area contributed by atoms with E-state index in [4.69, 9.17) is 32.9 Å². The third-order valence-electron chi connectivity index (χ3n) is 11.5. The molecule has 51 heavy (non-hydrogen) atoms. The Morgan fingerprint density at radius 3 is 2.75 bits per heavy atom. The lowest BCUT2D eigenvalue weighted by Crippen LogP contribution is -2.41. The van der Waals surface area contributed by atoms with Crippen molar-refractivity contribution < 1.29 is 13.9 Å². The van der Waals surface area contributed by atoms with Crippen LogP contribution in [0.2, 0.25) is 10.0 Å². The van der Waals surface area contributed by atoms with Gasteiger partial charge in [0.15, 0.2) is 5.82 Å². The second-order valence-electron chi connectivity index (χ2n) is 14.6. The Bertz CT molecular complexity index is 2240. The Hall–Kier alpha value is -4.07. The number of carbonyl (C=O) groups excluding carboxylic acids is 1. The van der Waals surface area contributed by atoms with Crippen LogP contribution in [0, 0.1) is 35.9 Å². The molecule has 2 aromatic carbocycles. The van der Waals surface area contributed by atoms with E-state index >= 15 is 4.39 Å². The Morgan fingerprint density at radius 1 is 1.16 bits per heavy atom. The van der Waals surface area contributed by atoms with Crippen LogP contribution < -0.4 is 5.32 Å². The highest BCUT2D eigenvalue weighted by molar-refractivity contribution is 6.43. The Balaban J connectivity index is 1.24. The minimum absolute atomic E-state index is 0.0571. The van der Waals surface area contributed by atoms with Gasteiger partial charge >= 0.3 is 0 Å². The fraction of sp³-hybridized carbons (Fsp3) is 0.400. The summed E-state index contributed by atoms with van der Waals surface area (Å²) in [4.78, 5) is 25.2. The van der Waals surface area contributed by atoms with Gasteiger partial charge in [0.2, 0.25) is 5.91 Å². The van der Waals surface area contributed by atoms with E-state index in [9.17, 15) is 10.1 Å². The number of aromatic nitrogens is 3. The van der Waals surface area contributed by atoms with Crippen LogP contribution in [0.25, 0.3) is 32.9 Å². The van der Waals surface area contributed by atoms with E-state index in [1.165, 1.54) is 0 Å². The first-order chi connectivity index (χ1) is 24.8. The highest BCUT2D eigenvalue weighted by Gasteiger charge is 2.51. The maximum atomic E-state index is 17.2. The number of hydrogen-bond acceptors (Lipinski definition) is 6. The van der Waals surface area contributed by atoms with E-state index in [2.05, 4.69) is 27.0 Å². The molecule has 6 heterocycles. The van der Waals surface area contributed by atoms with Crippen molar-refractivity contribution >= 4 is 50.9 Å². The maximum absolute atomic E-state index is 17.2. The molecule has 5 aliphatic rings. The normalized spacial score (nSPS) is 24.0. The van der Waals surface area contributed by atoms with Gasteiger partial charge in [-0.05, 0) is 73.9 Å². The fourth-order valence-corrected chi connectivity index (χ4v) is 9.20. The standard InChI is InChI=1S/C40H37Cl2FN6O2/c1-21-28-16-33(32-15-26(19-48(32)40(50)23-9-10-23)51-20-22-5-4-12-45-17-22)49(38-25-14-31(38)46-18-25)39(28)29-13-24(6-3-11-44)34(36(43)37(29)47-21)27-7-2-8-30(41)35(27)42/h2,4-5,7-8,12-13,16-17,23,25-26,31-32,38,46H,3,6,9-10,14-15,18-20H2,1H3/t25-,26+,31-,32-,38+/m1/s1. The van der Waals surface area contributed by atoms with Gasteiger partial charge in [-0.3, -0.25) is 9.78 Å². The van der Waals surface area contributed by atoms with Crippen LogP contribution in [0.15, 0.2) is 54.9 Å². The number of nitrogens with zero attached hydrogens (tertiary/aromatic N) is 5. The van der Waals surface area contributed by atoms with Crippen LogP contribution in [0.3, 0.4) is 0 Å². The molecule has 8 nitrogen and oxygen atoms in total. The first-order valence-electron chi connectivity index (χ1n) is 17.8. The molecule has 5 atom stereocenters. The monoisotopic (exact) mass is 722 g/mol. The van der Waals surface area contributed by atoms with Gasteiger partial charge in [0, 0.05) is 83.6 Å². The molecule has 10 rings (SSSR count). The van der Waals surface area contributed by atoms with E-state index in [-0.39, 0.29) is 53.0 Å². The molecule has 1 amide bonds. The molecule has 1 N–H and O–H groups in total. The van der Waals surface area contributed by atoms with E-state index < -0.39 is 5.82 Å². The zero-order chi connectivity index (χ0) is 35.0. The van der Waals surface area contributed by atoms with Crippen molar-refractivity contribution in [1.82, 2.24) is 24.8 Å². The Morgan fingerprint density at radius 2 is 2.02 bits per heavy atom. The van der Waals surface area contributed by atoms with E-state index in [1.54, 1.807) is 24.4 Å². The number of benzene rings is 2. The molecule has 3 aliphatic heterocycles. The van der Waals surface area contributed by atoms with Gasteiger partial charge in [-0.15, -0.1) is 0 Å². The summed E-state index contributed by atoms with van der Waals surface area (Å²) in [5, 5.41) is 15.5. The number of ether oxygens (including phenoxy) is 1. The number of likely N-dealkylation sites (tertiary alicyclic amines) is 1. The quantitative estimate of drug-likeness (QED) is 0.165. The summed E-state index contributed by atoms with van der Waals surface area (Å²) in [6.45, 7) is 3.79. The van der Waals surface area contributed by atoms with Crippen molar-refractivity contribution in [2.45, 2.75) is 76.3 Å². The first-order valence-corrected chi connectivity index (χ1v) is 18.6. The molecule has 0 spiro atoms. The summed E-state index contributed by atoms with van der Waals surface area (Å²) in [5.74, 6) is 0.189. The number of fused-ring (bicyclic) bond motifs is 4. The van der Waals surface area contributed by atoms with Crippen LogP contribution in [-0.2, 0) is 22.6 Å². The minimum atomic E-state index is -0.478. The van der Waals surface area contributed by atoms with Gasteiger partial charge in [-0.25, -0.2) is 9.37 Å². The lowest BCUT2D eigenvalue weighted by Gasteiger charge is -2.39. The zero-order valence-corrected chi connectivity index (χ0v) is 29.7. The smallest absolute Gasteiger partial charge is 0.226 e. The summed E-state index contributed by atoms with van der Waals surface area (Å²) >= 11 is 13.1. The Labute approximate surface area is 305 Å². The average Bonchev–Trinajstić information content (AvgIpc) is 3.43. The number of nitriles is 1. The fourth-order valence-electron chi connectivity index (χ4n) is 8.80.